The fourth-order valence-corrected chi connectivity index (χ4v) is 3.39. The summed E-state index contributed by atoms with van der Waals surface area (Å²) in [5.74, 6) is 0. The highest BCUT2D eigenvalue weighted by Crippen LogP contribution is 2.54. The second kappa shape index (κ2) is 7.80. The first kappa shape index (κ1) is 20.7. The molecule has 0 aromatic heterocycles. The lowest BCUT2D eigenvalue weighted by molar-refractivity contribution is -0.168. The van der Waals surface area contributed by atoms with Gasteiger partial charge in [0, 0.05) is 12.6 Å². The molecule has 0 aromatic rings. The van der Waals surface area contributed by atoms with Gasteiger partial charge in [0.1, 0.15) is 0 Å². The topological polar surface area (TPSA) is 38.8 Å². The highest BCUT2D eigenvalue weighted by Gasteiger charge is 2.43. The molecule has 4 nitrogen and oxygen atoms in total. The normalized spacial score (nSPS) is 14.2. The quantitative estimate of drug-likeness (QED) is 0.484. The molecule has 0 spiro atoms. The van der Waals surface area contributed by atoms with Gasteiger partial charge in [0.15, 0.2) is 13.2 Å². The molecule has 0 aliphatic rings. The molecule has 21 heavy (non-hydrogen) atoms. The van der Waals surface area contributed by atoms with Gasteiger partial charge >= 0.3 is 20.1 Å². The summed E-state index contributed by atoms with van der Waals surface area (Å²) in [6.45, 7) is 0.647. The monoisotopic (exact) mass is 345 g/mol. The van der Waals surface area contributed by atoms with Gasteiger partial charge < -0.3 is 0 Å². The van der Waals surface area contributed by atoms with E-state index in [0.29, 0.717) is 6.42 Å². The molecule has 0 fully saturated rings. The molecule has 0 aromatic carbocycles. The molecule has 0 N–H and O–H groups in total. The van der Waals surface area contributed by atoms with Crippen LogP contribution >= 0.6 is 7.75 Å². The highest BCUT2D eigenvalue weighted by molar-refractivity contribution is 7.51. The van der Waals surface area contributed by atoms with Crippen LogP contribution in [-0.4, -0.2) is 42.8 Å². The second-order valence-corrected chi connectivity index (χ2v) is 6.47. The molecule has 0 amide bonds. The third-order valence-electron chi connectivity index (χ3n) is 2.15. The lowest BCUT2D eigenvalue weighted by Gasteiger charge is -2.33. The summed E-state index contributed by atoms with van der Waals surface area (Å²) < 4.78 is 94.6. The molecule has 0 heterocycles. The molecular weight excluding hydrogens is 327 g/mol. The summed E-state index contributed by atoms with van der Waals surface area (Å²) in [6.07, 6.45) is -9.30. The number of alkyl halides is 6. The lowest BCUT2D eigenvalue weighted by Crippen LogP contribution is -2.33. The van der Waals surface area contributed by atoms with E-state index in [1.165, 1.54) is 13.8 Å². The molecule has 0 rings (SSSR count). The van der Waals surface area contributed by atoms with Gasteiger partial charge in [-0.1, -0.05) is 6.92 Å². The van der Waals surface area contributed by atoms with Gasteiger partial charge in [-0.2, -0.15) is 26.3 Å². The molecule has 0 saturated carbocycles. The van der Waals surface area contributed by atoms with Gasteiger partial charge in [-0.05, 0) is 20.3 Å². The smallest absolute Gasteiger partial charge is 0.287 e. The Hall–Kier alpha value is -0.310. The van der Waals surface area contributed by atoms with Gasteiger partial charge in [0.25, 0.3) is 0 Å². The molecule has 0 aliphatic carbocycles. The first-order chi connectivity index (χ1) is 9.31. The van der Waals surface area contributed by atoms with E-state index in [1.807, 2.05) is 0 Å². The van der Waals surface area contributed by atoms with E-state index in [4.69, 9.17) is 0 Å². The van der Waals surface area contributed by atoms with E-state index in [1.54, 1.807) is 6.92 Å². The third kappa shape index (κ3) is 8.65. The maximum Gasteiger partial charge on any atom is 0.412 e. The number of hydrogen-bond donors (Lipinski definition) is 0. The predicted molar refractivity (Wildman–Crippen MR) is 63.8 cm³/mol. The third-order valence-corrected chi connectivity index (χ3v) is 4.35. The van der Waals surface area contributed by atoms with Crippen LogP contribution < -0.4 is 0 Å². The molecule has 0 bridgehead atoms. The summed E-state index contributed by atoms with van der Waals surface area (Å²) in [4.78, 5) is 0. The largest absolute Gasteiger partial charge is 0.412 e. The zero-order valence-corrected chi connectivity index (χ0v) is 12.7. The zero-order chi connectivity index (χ0) is 16.9. The zero-order valence-electron chi connectivity index (χ0n) is 11.8. The molecule has 0 unspecified atom stereocenters. The van der Waals surface area contributed by atoms with Crippen LogP contribution in [-0.2, 0) is 13.6 Å². The maximum absolute atomic E-state index is 12.3. The Balaban J connectivity index is 5.17. The first-order valence-corrected chi connectivity index (χ1v) is 7.60. The Morgan fingerprint density at radius 2 is 1.38 bits per heavy atom. The number of hydrogen-bond acceptors (Lipinski definition) is 3. The van der Waals surface area contributed by atoms with Crippen molar-refractivity contribution >= 4 is 7.75 Å². The van der Waals surface area contributed by atoms with Crippen LogP contribution in [0.15, 0.2) is 0 Å². The van der Waals surface area contributed by atoms with Crippen LogP contribution in [0.3, 0.4) is 0 Å². The summed E-state index contributed by atoms with van der Waals surface area (Å²) in [5.41, 5.74) is 0. The molecular formula is C10H18F6NO3P. The van der Waals surface area contributed by atoms with E-state index in [2.05, 4.69) is 9.05 Å². The number of nitrogens with zero attached hydrogens (tertiary/aromatic N) is 1. The standard InChI is InChI=1S/C10H18F6NO3P/c1-4-5-17(8(2)3)21(18,19-6-9(11,12)13)20-7-10(14,15)16/h8H,4-7H2,1-3H3. The van der Waals surface area contributed by atoms with Crippen molar-refractivity contribution in [3.8, 4) is 0 Å². The SMILES string of the molecule is CCCN(C(C)C)P(=O)(OCC(F)(F)F)OCC(F)(F)F. The average Bonchev–Trinajstić information content (AvgIpc) is 2.29. The average molecular weight is 345 g/mol. The van der Waals surface area contributed by atoms with Crippen LogP contribution in [0.25, 0.3) is 0 Å². The summed E-state index contributed by atoms with van der Waals surface area (Å²) in [7, 11) is -4.70. The van der Waals surface area contributed by atoms with Crippen molar-refractivity contribution in [1.82, 2.24) is 4.67 Å². The van der Waals surface area contributed by atoms with Gasteiger partial charge in [-0.3, -0.25) is 9.05 Å². The predicted octanol–water partition coefficient (Wildman–Crippen LogP) is 4.37. The lowest BCUT2D eigenvalue weighted by atomic mass is 10.4. The van der Waals surface area contributed by atoms with Crippen molar-refractivity contribution in [2.75, 3.05) is 19.8 Å². The van der Waals surface area contributed by atoms with Crippen molar-refractivity contribution in [2.45, 2.75) is 45.6 Å². The van der Waals surface area contributed by atoms with Gasteiger partial charge in [0.05, 0.1) is 0 Å². The van der Waals surface area contributed by atoms with Crippen molar-refractivity contribution in [3.63, 3.8) is 0 Å². The Bertz CT molecular complexity index is 336. The van der Waals surface area contributed by atoms with Crippen molar-refractivity contribution < 1.29 is 40.0 Å². The van der Waals surface area contributed by atoms with E-state index in [-0.39, 0.29) is 6.54 Å². The van der Waals surface area contributed by atoms with Crippen molar-refractivity contribution in [2.24, 2.45) is 0 Å². The van der Waals surface area contributed by atoms with Crippen LogP contribution in [0.5, 0.6) is 0 Å². The second-order valence-electron chi connectivity index (χ2n) is 4.50. The Morgan fingerprint density at radius 1 is 1.00 bits per heavy atom. The minimum absolute atomic E-state index is 0.0232. The van der Waals surface area contributed by atoms with E-state index in [0.717, 1.165) is 4.67 Å². The van der Waals surface area contributed by atoms with Crippen LogP contribution in [0.4, 0.5) is 26.3 Å². The fourth-order valence-electron chi connectivity index (χ4n) is 1.39. The minimum atomic E-state index is -4.83. The van der Waals surface area contributed by atoms with Gasteiger partial charge in [-0.15, -0.1) is 0 Å². The van der Waals surface area contributed by atoms with E-state index >= 15 is 0 Å². The van der Waals surface area contributed by atoms with Crippen LogP contribution in [0, 0.1) is 0 Å². The maximum atomic E-state index is 12.3. The molecule has 0 aliphatic heterocycles. The van der Waals surface area contributed by atoms with Crippen molar-refractivity contribution in [3.05, 3.63) is 0 Å². The van der Waals surface area contributed by atoms with E-state index in [9.17, 15) is 30.9 Å². The Labute approximate surface area is 119 Å². The molecule has 0 atom stereocenters. The number of rotatable bonds is 8. The van der Waals surface area contributed by atoms with Gasteiger partial charge in [-0.25, -0.2) is 9.24 Å². The molecule has 128 valence electrons. The van der Waals surface area contributed by atoms with Crippen LogP contribution in [0.2, 0.25) is 0 Å². The number of halogens is 6. The Morgan fingerprint density at radius 3 is 1.62 bits per heavy atom. The minimum Gasteiger partial charge on any atom is -0.287 e. The van der Waals surface area contributed by atoms with Crippen LogP contribution in [0.1, 0.15) is 27.2 Å². The van der Waals surface area contributed by atoms with Crippen molar-refractivity contribution in [1.29, 1.82) is 0 Å². The molecule has 0 saturated heterocycles. The Kier molecular flexibility index (Phi) is 7.69. The van der Waals surface area contributed by atoms with Gasteiger partial charge in [0.2, 0.25) is 0 Å². The van der Waals surface area contributed by atoms with E-state index < -0.39 is 39.4 Å². The highest BCUT2D eigenvalue weighted by atomic mass is 31.2. The molecule has 11 heteroatoms. The fraction of sp³-hybridized carbons (Fsp3) is 1.00. The summed E-state index contributed by atoms with van der Waals surface area (Å²) in [5, 5.41) is 0. The first-order valence-electron chi connectivity index (χ1n) is 6.10. The molecule has 0 radical (unpaired) electrons. The summed E-state index contributed by atoms with van der Waals surface area (Å²) in [6, 6.07) is -0.614. The summed E-state index contributed by atoms with van der Waals surface area (Å²) >= 11 is 0.